The fourth-order valence-corrected chi connectivity index (χ4v) is 4.44. The molecule has 0 saturated carbocycles. The van der Waals surface area contributed by atoms with Gasteiger partial charge in [0.25, 0.3) is 0 Å². The lowest BCUT2D eigenvalue weighted by molar-refractivity contribution is -0.927. The van der Waals surface area contributed by atoms with Crippen molar-refractivity contribution in [2.75, 3.05) is 41.3 Å². The molecule has 1 unspecified atom stereocenters. The normalized spacial score (nSPS) is 12.8. The third-order valence-electron chi connectivity index (χ3n) is 6.14. The van der Waals surface area contributed by atoms with E-state index in [-0.39, 0.29) is 6.79 Å². The lowest BCUT2D eigenvalue weighted by atomic mass is 10.1. The summed E-state index contributed by atoms with van der Waals surface area (Å²) < 4.78 is 33.8. The lowest BCUT2D eigenvalue weighted by Crippen LogP contribution is -3.09. The molecule has 0 radical (unpaired) electrons. The molecule has 3 aromatic carbocycles. The summed E-state index contributed by atoms with van der Waals surface area (Å²) in [4.78, 5) is 1.36. The van der Waals surface area contributed by atoms with E-state index in [0.717, 1.165) is 48.9 Å². The van der Waals surface area contributed by atoms with E-state index >= 15 is 0 Å². The fourth-order valence-electron chi connectivity index (χ4n) is 4.44. The monoisotopic (exact) mass is 480 g/mol. The van der Waals surface area contributed by atoms with E-state index in [1.54, 1.807) is 21.3 Å². The lowest BCUT2D eigenvalue weighted by Gasteiger charge is -2.23. The number of ether oxygens (including phenoxy) is 6. The van der Waals surface area contributed by atoms with Crippen LogP contribution in [0.5, 0.6) is 34.5 Å². The summed E-state index contributed by atoms with van der Waals surface area (Å²) >= 11 is 0. The van der Waals surface area contributed by atoms with Gasteiger partial charge in [0.1, 0.15) is 18.8 Å². The van der Waals surface area contributed by atoms with Crippen LogP contribution < -0.4 is 33.3 Å². The van der Waals surface area contributed by atoms with Gasteiger partial charge in [0.15, 0.2) is 23.0 Å². The second kappa shape index (κ2) is 11.7. The molecule has 0 saturated heterocycles. The predicted octanol–water partition coefficient (Wildman–Crippen LogP) is 3.67. The van der Waals surface area contributed by atoms with Crippen molar-refractivity contribution >= 4 is 0 Å². The van der Waals surface area contributed by atoms with Crippen LogP contribution in [0.25, 0.3) is 0 Å². The smallest absolute Gasteiger partial charge is 0.231 e. The minimum Gasteiger partial charge on any atom is -0.493 e. The molecule has 35 heavy (non-hydrogen) atoms. The number of hydrogen-bond donors (Lipinski definition) is 1. The Morgan fingerprint density at radius 2 is 1.54 bits per heavy atom. The Hall–Kier alpha value is -3.58. The van der Waals surface area contributed by atoms with Gasteiger partial charge < -0.3 is 33.3 Å². The molecule has 0 amide bonds. The van der Waals surface area contributed by atoms with E-state index in [4.69, 9.17) is 28.4 Å². The number of nitrogens with one attached hydrogen (secondary N) is 1. The van der Waals surface area contributed by atoms with Crippen LogP contribution in [-0.4, -0.2) is 41.3 Å². The van der Waals surface area contributed by atoms with Crippen LogP contribution in [-0.2, 0) is 19.5 Å². The van der Waals surface area contributed by atoms with E-state index in [9.17, 15) is 0 Å². The first-order valence-electron chi connectivity index (χ1n) is 11.9. The maximum atomic E-state index is 5.91. The van der Waals surface area contributed by atoms with Crippen LogP contribution in [0.2, 0.25) is 0 Å². The van der Waals surface area contributed by atoms with Gasteiger partial charge >= 0.3 is 0 Å². The molecule has 1 heterocycles. The van der Waals surface area contributed by atoms with Crippen molar-refractivity contribution in [2.45, 2.75) is 26.4 Å². The molecular formula is C28H34NO6+. The highest BCUT2D eigenvalue weighted by Gasteiger charge is 2.22. The van der Waals surface area contributed by atoms with Gasteiger partial charge in [0, 0.05) is 12.0 Å². The SMILES string of the molecule is CCOc1ccccc1C[NH+](CCc1ccc2c(c1)OCO2)Cc1ccc(OC)c(OC)c1OC. The average molecular weight is 481 g/mol. The van der Waals surface area contributed by atoms with Crippen molar-refractivity contribution in [2.24, 2.45) is 0 Å². The number of benzene rings is 3. The maximum Gasteiger partial charge on any atom is 0.231 e. The minimum absolute atomic E-state index is 0.281. The standard InChI is InChI=1S/C28H33NO6/c1-5-33-23-9-7-6-8-21(23)17-29(15-14-20-10-12-24-26(16-20)35-19-34-24)18-22-11-13-25(30-2)28(32-4)27(22)31-3/h6-13,16H,5,14-15,17-19H2,1-4H3/p+1. The molecule has 0 aliphatic carbocycles. The Morgan fingerprint density at radius 3 is 2.31 bits per heavy atom. The van der Waals surface area contributed by atoms with Crippen LogP contribution in [0.3, 0.4) is 0 Å². The van der Waals surface area contributed by atoms with Gasteiger partial charge in [-0.05, 0) is 48.9 Å². The predicted molar refractivity (Wildman–Crippen MR) is 133 cm³/mol. The zero-order valence-corrected chi connectivity index (χ0v) is 20.9. The van der Waals surface area contributed by atoms with Gasteiger partial charge in [-0.3, -0.25) is 0 Å². The highest BCUT2D eigenvalue weighted by molar-refractivity contribution is 5.55. The van der Waals surface area contributed by atoms with E-state index < -0.39 is 0 Å². The molecule has 3 aromatic rings. The molecule has 186 valence electrons. The molecule has 1 aliphatic heterocycles. The quantitative estimate of drug-likeness (QED) is 0.427. The Labute approximate surface area is 207 Å². The summed E-state index contributed by atoms with van der Waals surface area (Å²) in [6, 6.07) is 18.4. The number of hydrogen-bond acceptors (Lipinski definition) is 6. The summed E-state index contributed by atoms with van der Waals surface area (Å²) in [5.74, 6) is 4.50. The zero-order valence-electron chi connectivity index (χ0n) is 20.9. The first-order chi connectivity index (χ1) is 17.2. The van der Waals surface area contributed by atoms with E-state index in [1.165, 1.54) is 16.0 Å². The maximum absolute atomic E-state index is 5.91. The van der Waals surface area contributed by atoms with Gasteiger partial charge in [-0.1, -0.05) is 18.2 Å². The molecule has 0 spiro atoms. The van der Waals surface area contributed by atoms with Crippen LogP contribution >= 0.6 is 0 Å². The molecular weight excluding hydrogens is 446 g/mol. The van der Waals surface area contributed by atoms with Crippen molar-refractivity contribution in [3.8, 4) is 34.5 Å². The van der Waals surface area contributed by atoms with Crippen LogP contribution in [0.15, 0.2) is 54.6 Å². The molecule has 1 atom stereocenters. The molecule has 1 aliphatic rings. The average Bonchev–Trinajstić information content (AvgIpc) is 3.36. The number of rotatable bonds is 12. The van der Waals surface area contributed by atoms with Gasteiger partial charge in [-0.15, -0.1) is 0 Å². The molecule has 0 aromatic heterocycles. The number of quaternary nitrogens is 1. The summed E-state index contributed by atoms with van der Waals surface area (Å²) in [6.45, 7) is 5.37. The van der Waals surface area contributed by atoms with Crippen molar-refractivity contribution in [3.05, 3.63) is 71.3 Å². The number of para-hydroxylation sites is 1. The highest BCUT2D eigenvalue weighted by atomic mass is 16.7. The topological polar surface area (TPSA) is 59.8 Å². The molecule has 1 N–H and O–H groups in total. The van der Waals surface area contributed by atoms with E-state index in [1.807, 2.05) is 31.2 Å². The highest BCUT2D eigenvalue weighted by Crippen LogP contribution is 2.39. The van der Waals surface area contributed by atoms with Gasteiger partial charge in [0.2, 0.25) is 12.5 Å². The van der Waals surface area contributed by atoms with Gasteiger partial charge in [-0.25, -0.2) is 0 Å². The first kappa shape index (κ1) is 24.5. The van der Waals surface area contributed by atoms with E-state index in [2.05, 4.69) is 30.3 Å². The van der Waals surface area contributed by atoms with Crippen LogP contribution in [0, 0.1) is 0 Å². The van der Waals surface area contributed by atoms with Crippen LogP contribution in [0.1, 0.15) is 23.6 Å². The van der Waals surface area contributed by atoms with Crippen molar-refractivity contribution in [1.82, 2.24) is 0 Å². The molecule has 7 heteroatoms. The second-order valence-electron chi connectivity index (χ2n) is 8.33. The first-order valence-corrected chi connectivity index (χ1v) is 11.9. The second-order valence-corrected chi connectivity index (χ2v) is 8.33. The molecule has 0 fully saturated rings. The van der Waals surface area contributed by atoms with Gasteiger partial charge in [-0.2, -0.15) is 0 Å². The summed E-state index contributed by atoms with van der Waals surface area (Å²) in [5.41, 5.74) is 3.44. The molecule has 0 bridgehead atoms. The summed E-state index contributed by atoms with van der Waals surface area (Å²) in [6.07, 6.45) is 0.887. The van der Waals surface area contributed by atoms with E-state index in [0.29, 0.717) is 23.9 Å². The van der Waals surface area contributed by atoms with Crippen molar-refractivity contribution in [3.63, 3.8) is 0 Å². The summed E-state index contributed by atoms with van der Waals surface area (Å²) in [5, 5.41) is 0. The Morgan fingerprint density at radius 1 is 0.771 bits per heavy atom. The van der Waals surface area contributed by atoms with Gasteiger partial charge in [0.05, 0.1) is 40.0 Å². The third-order valence-corrected chi connectivity index (χ3v) is 6.14. The van der Waals surface area contributed by atoms with Crippen LogP contribution in [0.4, 0.5) is 0 Å². The minimum atomic E-state index is 0.281. The molecule has 7 nitrogen and oxygen atoms in total. The van der Waals surface area contributed by atoms with Crippen molar-refractivity contribution in [1.29, 1.82) is 0 Å². The molecule has 4 rings (SSSR count). The fraction of sp³-hybridized carbons (Fsp3) is 0.357. The zero-order chi connectivity index (χ0) is 24.6. The Kier molecular flexibility index (Phi) is 8.21. The number of methoxy groups -OCH3 is 3. The largest absolute Gasteiger partial charge is 0.493 e. The number of fused-ring (bicyclic) bond motifs is 1. The Balaban J connectivity index is 1.60. The summed E-state index contributed by atoms with van der Waals surface area (Å²) in [7, 11) is 4.93. The Bertz CT molecular complexity index is 1130. The van der Waals surface area contributed by atoms with Crippen molar-refractivity contribution < 1.29 is 33.3 Å². The third kappa shape index (κ3) is 5.74.